The van der Waals surface area contributed by atoms with Crippen LogP contribution in [-0.4, -0.2) is 133 Å². The number of rotatable bonds is 20. The zero-order valence-corrected chi connectivity index (χ0v) is 52.4. The summed E-state index contributed by atoms with van der Waals surface area (Å²) in [6, 6.07) is 35.1. The normalized spacial score (nSPS) is 14.2. The molecule has 10 aromatic rings. The zero-order chi connectivity index (χ0) is 63.4. The minimum absolute atomic E-state index is 0. The van der Waals surface area contributed by atoms with Crippen LogP contribution >= 0.6 is 12.4 Å². The molecule has 0 saturated carbocycles. The van der Waals surface area contributed by atoms with Crippen molar-refractivity contribution in [1.29, 1.82) is 0 Å². The van der Waals surface area contributed by atoms with Crippen LogP contribution < -0.4 is 30.1 Å². The molecule has 2 fully saturated rings. The molecule has 0 radical (unpaired) electrons. The fourth-order valence-corrected chi connectivity index (χ4v) is 14.0. The largest absolute Gasteiger partial charge is 0.477 e. The third kappa shape index (κ3) is 14.2. The molecule has 0 bridgehead atoms. The van der Waals surface area contributed by atoms with Crippen LogP contribution in [0.15, 0.2) is 165 Å². The van der Waals surface area contributed by atoms with Gasteiger partial charge in [-0.15, -0.1) is 12.4 Å². The standard InChI is InChI=1S/2C33H34FN5O5S.ClH/c2*1-2-38-21-27(33(41)42)32(40)26-17-28(34)31(18-30(26)38)39-15-13-37(14-16-39)20-22-7-9-24(10-8-22)45(43,44)36-12-11-23-19-35-29-6-4-3-5-25(23)29;/h2*3-10,17-19,21,35-36H,2,11-16,20H2,1H3,(H,41,42);1H. The fraction of sp³-hybridized carbons (Fsp3) is 0.273. The molecule has 0 spiro atoms. The van der Waals surface area contributed by atoms with Crippen LogP contribution in [0.2, 0.25) is 0 Å². The van der Waals surface area contributed by atoms with Gasteiger partial charge in [-0.1, -0.05) is 60.7 Å². The highest BCUT2D eigenvalue weighted by molar-refractivity contribution is 7.89. The summed E-state index contributed by atoms with van der Waals surface area (Å²) in [6.45, 7) is 11.2. The first-order chi connectivity index (χ1) is 43.3. The van der Waals surface area contributed by atoms with Crippen molar-refractivity contribution in [2.75, 3.05) is 75.2 Å². The number of H-pyrrole nitrogens is 2. The highest BCUT2D eigenvalue weighted by Gasteiger charge is 2.26. The number of carbonyl (C=O) groups is 2. The molecule has 12 rings (SSSR count). The summed E-state index contributed by atoms with van der Waals surface area (Å²) in [4.78, 5) is 63.5. The van der Waals surface area contributed by atoms with Crippen molar-refractivity contribution in [1.82, 2.24) is 38.3 Å². The summed E-state index contributed by atoms with van der Waals surface area (Å²) in [5, 5.41) is 21.0. The number of sulfonamides is 2. The van der Waals surface area contributed by atoms with Gasteiger partial charge in [0.2, 0.25) is 30.9 Å². The summed E-state index contributed by atoms with van der Waals surface area (Å²) in [5.41, 5.74) is 5.68. The van der Waals surface area contributed by atoms with Crippen molar-refractivity contribution in [3.8, 4) is 0 Å². The number of carboxylic acids is 2. The van der Waals surface area contributed by atoms with E-state index in [-0.39, 0.29) is 57.2 Å². The Hall–Kier alpha value is -8.75. The molecule has 4 aromatic heterocycles. The lowest BCUT2D eigenvalue weighted by molar-refractivity contribution is 0.0684. The van der Waals surface area contributed by atoms with E-state index in [4.69, 9.17) is 0 Å². The minimum Gasteiger partial charge on any atom is -0.477 e. The van der Waals surface area contributed by atoms with Gasteiger partial charge in [-0.2, -0.15) is 0 Å². The van der Waals surface area contributed by atoms with Gasteiger partial charge in [-0.3, -0.25) is 19.4 Å². The van der Waals surface area contributed by atoms with Crippen LogP contribution in [0, 0.1) is 11.6 Å². The van der Waals surface area contributed by atoms with E-state index in [1.54, 1.807) is 45.5 Å². The second kappa shape index (κ2) is 27.8. The van der Waals surface area contributed by atoms with E-state index < -0.39 is 54.5 Å². The Labute approximate surface area is 529 Å². The molecule has 476 valence electrons. The fourth-order valence-electron chi connectivity index (χ4n) is 12.0. The predicted molar refractivity (Wildman–Crippen MR) is 351 cm³/mol. The first-order valence-corrected chi connectivity index (χ1v) is 32.7. The summed E-state index contributed by atoms with van der Waals surface area (Å²) < 4.78 is 90.8. The van der Waals surface area contributed by atoms with Crippen molar-refractivity contribution in [3.05, 3.63) is 212 Å². The molecule has 6 N–H and O–H groups in total. The lowest BCUT2D eigenvalue weighted by Gasteiger charge is -2.36. The van der Waals surface area contributed by atoms with E-state index >= 15 is 8.78 Å². The molecule has 91 heavy (non-hydrogen) atoms. The van der Waals surface area contributed by atoms with Crippen LogP contribution in [0.5, 0.6) is 0 Å². The number of hydrogen-bond donors (Lipinski definition) is 6. The van der Waals surface area contributed by atoms with E-state index in [0.717, 1.165) is 56.2 Å². The van der Waals surface area contributed by atoms with Gasteiger partial charge in [0, 0.05) is 149 Å². The second-order valence-corrected chi connectivity index (χ2v) is 25.9. The van der Waals surface area contributed by atoms with E-state index in [1.807, 2.05) is 109 Å². The van der Waals surface area contributed by atoms with Gasteiger partial charge in [-0.05, 0) is 110 Å². The number of hydrogen-bond acceptors (Lipinski definition) is 12. The molecule has 25 heteroatoms. The van der Waals surface area contributed by atoms with Gasteiger partial charge in [0.05, 0.1) is 32.2 Å². The number of pyridine rings is 2. The molecule has 0 amide bonds. The number of piperazine rings is 2. The van der Waals surface area contributed by atoms with Crippen molar-refractivity contribution in [3.63, 3.8) is 0 Å². The number of aryl methyl sites for hydroxylation is 2. The molecule has 2 saturated heterocycles. The predicted octanol–water partition coefficient (Wildman–Crippen LogP) is 8.79. The Balaban J connectivity index is 0.000000198. The average molecular weight is 1300 g/mol. The maximum atomic E-state index is 15.2. The Morgan fingerprint density at radius 3 is 1.23 bits per heavy atom. The van der Waals surface area contributed by atoms with Crippen molar-refractivity contribution >= 4 is 99.4 Å². The Morgan fingerprint density at radius 2 is 0.879 bits per heavy atom. The highest BCUT2D eigenvalue weighted by Crippen LogP contribution is 2.30. The molecule has 6 heterocycles. The number of anilines is 2. The van der Waals surface area contributed by atoms with Crippen LogP contribution in [-0.2, 0) is 59.1 Å². The molecule has 6 aromatic carbocycles. The number of aromatic amines is 2. The molecule has 0 aliphatic carbocycles. The van der Waals surface area contributed by atoms with Crippen LogP contribution in [0.4, 0.5) is 20.2 Å². The number of carboxylic acid groups (broad SMARTS) is 2. The molecule has 2 aliphatic rings. The van der Waals surface area contributed by atoms with Gasteiger partial charge in [-0.25, -0.2) is 44.6 Å². The van der Waals surface area contributed by atoms with Gasteiger partial charge in [0.15, 0.2) is 0 Å². The molecule has 0 unspecified atom stereocenters. The van der Waals surface area contributed by atoms with E-state index in [2.05, 4.69) is 29.2 Å². The zero-order valence-electron chi connectivity index (χ0n) is 50.0. The van der Waals surface area contributed by atoms with E-state index in [0.29, 0.717) is 114 Å². The third-order valence-electron chi connectivity index (χ3n) is 16.9. The number of nitrogens with zero attached hydrogens (tertiary/aromatic N) is 6. The Kier molecular flexibility index (Phi) is 19.9. The van der Waals surface area contributed by atoms with Crippen LogP contribution in [0.3, 0.4) is 0 Å². The average Bonchev–Trinajstić information content (AvgIpc) is 1.88. The summed E-state index contributed by atoms with van der Waals surface area (Å²) in [6.07, 6.45) is 7.58. The minimum atomic E-state index is -3.66. The molecular weight excluding hydrogens is 1230 g/mol. The van der Waals surface area contributed by atoms with Gasteiger partial charge in [0.25, 0.3) is 0 Å². The number of halogens is 3. The summed E-state index contributed by atoms with van der Waals surface area (Å²) >= 11 is 0. The van der Waals surface area contributed by atoms with Gasteiger partial charge < -0.3 is 39.1 Å². The first kappa shape index (κ1) is 65.2. The monoisotopic (exact) mass is 1300 g/mol. The van der Waals surface area contributed by atoms with Crippen molar-refractivity contribution < 1.29 is 45.4 Å². The molecule has 20 nitrogen and oxygen atoms in total. The second-order valence-electron chi connectivity index (χ2n) is 22.4. The number of nitrogens with one attached hydrogen (secondary N) is 4. The first-order valence-electron chi connectivity index (χ1n) is 29.7. The smallest absolute Gasteiger partial charge is 0.341 e. The lowest BCUT2D eigenvalue weighted by atomic mass is 10.1. The topological polar surface area (TPSA) is 255 Å². The number of aromatic nitrogens is 4. The van der Waals surface area contributed by atoms with Crippen LogP contribution in [0.1, 0.15) is 56.8 Å². The van der Waals surface area contributed by atoms with E-state index in [9.17, 15) is 46.2 Å². The molecular formula is C66H69ClF2N10O10S2. The number of benzene rings is 6. The number of para-hydroxylation sites is 2. The highest BCUT2D eigenvalue weighted by atomic mass is 35.5. The maximum absolute atomic E-state index is 15.2. The third-order valence-corrected chi connectivity index (χ3v) is 19.8. The quantitative estimate of drug-likeness (QED) is 0.0417. The molecule has 0 atom stereocenters. The number of aromatic carboxylic acids is 2. The van der Waals surface area contributed by atoms with Gasteiger partial charge >= 0.3 is 11.9 Å². The van der Waals surface area contributed by atoms with Gasteiger partial charge in [0.1, 0.15) is 22.8 Å². The SMILES string of the molecule is CCn1cc(C(=O)O)c(=O)c2cc(F)c(N3CCN(Cc4ccc(S(=O)(=O)NCCc5c[nH]c6ccccc56)cc4)CC3)cc21.CCn1cc(C(=O)O)c(=O)c2cc(F)c(N3CCN(Cc4ccc(S(=O)(=O)NCCc5c[nH]c6ccccc56)cc4)CC3)cc21.Cl. The Bertz CT molecular complexity index is 4400. The lowest BCUT2D eigenvalue weighted by Crippen LogP contribution is -2.46. The van der Waals surface area contributed by atoms with Crippen molar-refractivity contribution in [2.45, 2.75) is 62.7 Å². The van der Waals surface area contributed by atoms with Crippen LogP contribution in [0.25, 0.3) is 43.6 Å². The Morgan fingerprint density at radius 1 is 0.516 bits per heavy atom. The van der Waals surface area contributed by atoms with Crippen molar-refractivity contribution in [2.24, 2.45) is 0 Å². The summed E-state index contributed by atoms with van der Waals surface area (Å²) in [7, 11) is -7.31. The van der Waals surface area contributed by atoms with E-state index in [1.165, 1.54) is 12.4 Å². The summed E-state index contributed by atoms with van der Waals surface area (Å²) in [5.74, 6) is -3.81. The number of fused-ring (bicyclic) bond motifs is 4. The maximum Gasteiger partial charge on any atom is 0.341 e. The molecule has 2 aliphatic heterocycles.